The van der Waals surface area contributed by atoms with Crippen LogP contribution >= 0.6 is 0 Å². The topological polar surface area (TPSA) is 36.4 Å². The molecule has 0 aliphatic rings. The van der Waals surface area contributed by atoms with Crippen molar-refractivity contribution in [2.45, 2.75) is 6.92 Å². The molecule has 0 aliphatic heterocycles. The van der Waals surface area contributed by atoms with Crippen LogP contribution in [-0.4, -0.2) is 25.0 Å². The molecule has 4 nitrogen and oxygen atoms in total. The van der Waals surface area contributed by atoms with Crippen LogP contribution < -0.4 is 9.80 Å². The van der Waals surface area contributed by atoms with Crippen molar-refractivity contribution in [3.05, 3.63) is 96.2 Å². The molecule has 0 aliphatic carbocycles. The van der Waals surface area contributed by atoms with Crippen molar-refractivity contribution >= 4 is 33.9 Å². The molecule has 4 rings (SSSR count). The summed E-state index contributed by atoms with van der Waals surface area (Å²) in [5.41, 5.74) is 5.29. The Morgan fingerprint density at radius 2 is 1.62 bits per heavy atom. The van der Waals surface area contributed by atoms with Crippen LogP contribution in [0.1, 0.15) is 15.9 Å². The Kier molecular flexibility index (Phi) is 5.00. The highest BCUT2D eigenvalue weighted by molar-refractivity contribution is 6.12. The molecule has 0 atom stereocenters. The summed E-state index contributed by atoms with van der Waals surface area (Å²) in [6, 6.07) is 25.5. The molecular formula is C25H23N3O. The van der Waals surface area contributed by atoms with Gasteiger partial charge in [0.05, 0.1) is 16.9 Å². The summed E-state index contributed by atoms with van der Waals surface area (Å²) in [6.45, 7) is 2.02. The fraction of sp³-hybridized carbons (Fsp3) is 0.120. The van der Waals surface area contributed by atoms with Gasteiger partial charge in [0, 0.05) is 36.9 Å². The van der Waals surface area contributed by atoms with E-state index >= 15 is 0 Å². The number of hydrogen-bond donors (Lipinski definition) is 0. The van der Waals surface area contributed by atoms with E-state index in [9.17, 15) is 4.79 Å². The van der Waals surface area contributed by atoms with Gasteiger partial charge in [0.2, 0.25) is 0 Å². The number of benzene rings is 3. The SMILES string of the molecule is Cc1ccccc1N(C(=O)c1ccc2ncccc2c1)c1cccc(N(C)C)c1. The van der Waals surface area contributed by atoms with Crippen LogP contribution in [0.25, 0.3) is 10.9 Å². The molecule has 0 bridgehead atoms. The van der Waals surface area contributed by atoms with E-state index in [4.69, 9.17) is 0 Å². The van der Waals surface area contributed by atoms with Crippen LogP contribution in [0.3, 0.4) is 0 Å². The first-order valence-corrected chi connectivity index (χ1v) is 9.57. The van der Waals surface area contributed by atoms with Crippen molar-refractivity contribution in [1.82, 2.24) is 4.98 Å². The number of aromatic nitrogens is 1. The average Bonchev–Trinajstić information content (AvgIpc) is 2.75. The third-order valence-electron chi connectivity index (χ3n) is 5.01. The van der Waals surface area contributed by atoms with Crippen molar-refractivity contribution in [3.63, 3.8) is 0 Å². The van der Waals surface area contributed by atoms with Crippen LogP contribution in [0.15, 0.2) is 85.1 Å². The fourth-order valence-electron chi connectivity index (χ4n) is 3.43. The lowest BCUT2D eigenvalue weighted by Crippen LogP contribution is -2.27. The van der Waals surface area contributed by atoms with Gasteiger partial charge in [-0.3, -0.25) is 14.7 Å². The van der Waals surface area contributed by atoms with Crippen LogP contribution in [0.2, 0.25) is 0 Å². The zero-order chi connectivity index (χ0) is 20.4. The first-order chi connectivity index (χ1) is 14.0. The van der Waals surface area contributed by atoms with E-state index in [-0.39, 0.29) is 5.91 Å². The van der Waals surface area contributed by atoms with Gasteiger partial charge in [0.15, 0.2) is 0 Å². The second-order valence-electron chi connectivity index (χ2n) is 7.25. The Bertz CT molecular complexity index is 1180. The summed E-state index contributed by atoms with van der Waals surface area (Å²) in [5.74, 6) is -0.0686. The Morgan fingerprint density at radius 3 is 2.41 bits per heavy atom. The van der Waals surface area contributed by atoms with E-state index in [0.717, 1.165) is 33.5 Å². The van der Waals surface area contributed by atoms with E-state index in [2.05, 4.69) is 4.98 Å². The van der Waals surface area contributed by atoms with E-state index in [1.165, 1.54) is 0 Å². The van der Waals surface area contributed by atoms with Gasteiger partial charge in [-0.2, -0.15) is 0 Å². The van der Waals surface area contributed by atoms with Gasteiger partial charge in [-0.25, -0.2) is 0 Å². The maximum Gasteiger partial charge on any atom is 0.262 e. The Morgan fingerprint density at radius 1 is 0.828 bits per heavy atom. The lowest BCUT2D eigenvalue weighted by molar-refractivity contribution is 0.0999. The molecule has 0 N–H and O–H groups in total. The number of nitrogens with zero attached hydrogens (tertiary/aromatic N) is 3. The van der Waals surface area contributed by atoms with Gasteiger partial charge in [-0.05, 0) is 61.0 Å². The number of rotatable bonds is 4. The number of aryl methyl sites for hydroxylation is 1. The van der Waals surface area contributed by atoms with Crippen molar-refractivity contribution in [3.8, 4) is 0 Å². The molecule has 1 aromatic heterocycles. The normalized spacial score (nSPS) is 10.7. The van der Waals surface area contributed by atoms with Crippen LogP contribution in [0.4, 0.5) is 17.1 Å². The predicted octanol–water partition coefficient (Wildman–Crippen LogP) is 5.59. The summed E-state index contributed by atoms with van der Waals surface area (Å²) in [4.78, 5) is 21.9. The van der Waals surface area contributed by atoms with E-state index in [1.807, 2.05) is 105 Å². The molecule has 0 radical (unpaired) electrons. The quantitative estimate of drug-likeness (QED) is 0.462. The number of fused-ring (bicyclic) bond motifs is 1. The highest BCUT2D eigenvalue weighted by Gasteiger charge is 2.22. The molecule has 144 valence electrons. The average molecular weight is 381 g/mol. The summed E-state index contributed by atoms with van der Waals surface area (Å²) in [5, 5.41) is 0.949. The van der Waals surface area contributed by atoms with Gasteiger partial charge < -0.3 is 4.90 Å². The highest BCUT2D eigenvalue weighted by atomic mass is 16.2. The van der Waals surface area contributed by atoms with Crippen LogP contribution in [0.5, 0.6) is 0 Å². The first-order valence-electron chi connectivity index (χ1n) is 9.57. The Hall–Kier alpha value is -3.66. The van der Waals surface area contributed by atoms with E-state index in [1.54, 1.807) is 11.1 Å². The largest absolute Gasteiger partial charge is 0.378 e. The zero-order valence-electron chi connectivity index (χ0n) is 16.8. The van der Waals surface area contributed by atoms with Gasteiger partial charge >= 0.3 is 0 Å². The molecule has 4 heteroatoms. The molecule has 0 fully saturated rings. The minimum atomic E-state index is -0.0686. The first kappa shape index (κ1) is 18.7. The maximum absolute atomic E-state index is 13.7. The summed E-state index contributed by atoms with van der Waals surface area (Å²) in [7, 11) is 3.99. The zero-order valence-corrected chi connectivity index (χ0v) is 16.8. The molecule has 29 heavy (non-hydrogen) atoms. The maximum atomic E-state index is 13.7. The smallest absolute Gasteiger partial charge is 0.262 e. The van der Waals surface area contributed by atoms with E-state index in [0.29, 0.717) is 5.56 Å². The second kappa shape index (κ2) is 7.76. The number of amides is 1. The number of carbonyl (C=O) groups is 1. The molecule has 1 heterocycles. The van der Waals surface area contributed by atoms with Crippen molar-refractivity contribution in [2.75, 3.05) is 23.9 Å². The molecule has 3 aromatic carbocycles. The molecule has 0 spiro atoms. The minimum Gasteiger partial charge on any atom is -0.378 e. The fourth-order valence-corrected chi connectivity index (χ4v) is 3.43. The summed E-state index contributed by atoms with van der Waals surface area (Å²) < 4.78 is 0. The van der Waals surface area contributed by atoms with Gasteiger partial charge in [-0.1, -0.05) is 30.3 Å². The van der Waals surface area contributed by atoms with Crippen molar-refractivity contribution in [2.24, 2.45) is 0 Å². The third-order valence-corrected chi connectivity index (χ3v) is 5.01. The van der Waals surface area contributed by atoms with Gasteiger partial charge in [0.1, 0.15) is 0 Å². The monoisotopic (exact) mass is 381 g/mol. The summed E-state index contributed by atoms with van der Waals surface area (Å²) >= 11 is 0. The molecule has 1 amide bonds. The summed E-state index contributed by atoms with van der Waals surface area (Å²) in [6.07, 6.45) is 1.76. The molecule has 0 saturated heterocycles. The molecule has 4 aromatic rings. The number of hydrogen-bond acceptors (Lipinski definition) is 3. The number of pyridine rings is 1. The Labute approximate surface area is 171 Å². The van der Waals surface area contributed by atoms with E-state index < -0.39 is 0 Å². The molecular weight excluding hydrogens is 358 g/mol. The highest BCUT2D eigenvalue weighted by Crippen LogP contribution is 2.32. The van der Waals surface area contributed by atoms with Crippen LogP contribution in [-0.2, 0) is 0 Å². The Balaban J connectivity index is 1.86. The third kappa shape index (κ3) is 3.69. The van der Waals surface area contributed by atoms with Gasteiger partial charge in [-0.15, -0.1) is 0 Å². The van der Waals surface area contributed by atoms with Crippen LogP contribution in [0, 0.1) is 6.92 Å². The lowest BCUT2D eigenvalue weighted by atomic mass is 10.1. The standard InChI is InChI=1S/C25H23N3O/c1-18-8-4-5-12-24(18)28(22-11-6-10-21(17-22)27(2)3)25(29)20-13-14-23-19(16-20)9-7-15-26-23/h4-17H,1-3H3. The lowest BCUT2D eigenvalue weighted by Gasteiger charge is -2.26. The predicted molar refractivity (Wildman–Crippen MR) is 120 cm³/mol. The van der Waals surface area contributed by atoms with Crippen molar-refractivity contribution < 1.29 is 4.79 Å². The molecule has 0 saturated carbocycles. The number of carbonyl (C=O) groups excluding carboxylic acids is 1. The molecule has 0 unspecified atom stereocenters. The number of para-hydroxylation sites is 1. The second-order valence-corrected chi connectivity index (χ2v) is 7.25. The minimum absolute atomic E-state index is 0.0686. The van der Waals surface area contributed by atoms with Crippen molar-refractivity contribution in [1.29, 1.82) is 0 Å². The number of anilines is 3. The van der Waals surface area contributed by atoms with Gasteiger partial charge in [0.25, 0.3) is 5.91 Å².